The van der Waals surface area contributed by atoms with Crippen molar-refractivity contribution in [3.05, 3.63) is 35.5 Å². The molecule has 0 unspecified atom stereocenters. The summed E-state index contributed by atoms with van der Waals surface area (Å²) in [7, 11) is 0. The Kier molecular flexibility index (Phi) is 4.88. The molecule has 1 aromatic heterocycles. The van der Waals surface area contributed by atoms with Crippen LogP contribution in [0, 0.1) is 0 Å². The van der Waals surface area contributed by atoms with Crippen molar-refractivity contribution in [1.29, 1.82) is 0 Å². The van der Waals surface area contributed by atoms with Gasteiger partial charge >= 0.3 is 0 Å². The zero-order valence-electron chi connectivity index (χ0n) is 14.2. The molecule has 0 bridgehead atoms. The summed E-state index contributed by atoms with van der Waals surface area (Å²) in [4.78, 5) is 9.30. The van der Waals surface area contributed by atoms with E-state index in [1.807, 2.05) is 18.2 Å². The summed E-state index contributed by atoms with van der Waals surface area (Å²) in [5.74, 6) is 1.56. The number of aromatic nitrogens is 3. The highest BCUT2D eigenvalue weighted by molar-refractivity contribution is 6.30. The largest absolute Gasteiger partial charge is 0.368 e. The Morgan fingerprint density at radius 3 is 2.56 bits per heavy atom. The zero-order chi connectivity index (χ0) is 17.1. The third kappa shape index (κ3) is 3.95. The van der Waals surface area contributed by atoms with Crippen LogP contribution in [-0.4, -0.2) is 47.4 Å². The van der Waals surface area contributed by atoms with E-state index in [1.165, 1.54) is 31.4 Å². The van der Waals surface area contributed by atoms with Gasteiger partial charge in [-0.05, 0) is 31.0 Å². The van der Waals surface area contributed by atoms with E-state index in [2.05, 4.69) is 36.4 Å². The van der Waals surface area contributed by atoms with Crippen LogP contribution >= 0.6 is 11.6 Å². The first-order valence-corrected chi connectivity index (χ1v) is 9.37. The summed E-state index contributed by atoms with van der Waals surface area (Å²) < 4.78 is 0. The molecule has 6 nitrogen and oxygen atoms in total. The maximum atomic E-state index is 6.11. The van der Waals surface area contributed by atoms with Crippen LogP contribution in [-0.2, 0) is 0 Å². The van der Waals surface area contributed by atoms with Gasteiger partial charge in [-0.25, -0.2) is 0 Å². The highest BCUT2D eigenvalue weighted by atomic mass is 35.5. The number of nitrogens with zero attached hydrogens (tertiary/aromatic N) is 5. The van der Waals surface area contributed by atoms with Gasteiger partial charge in [0.05, 0.1) is 6.20 Å². The lowest BCUT2D eigenvalue weighted by Crippen LogP contribution is -2.47. The molecule has 132 valence electrons. The van der Waals surface area contributed by atoms with E-state index in [4.69, 9.17) is 11.6 Å². The summed E-state index contributed by atoms with van der Waals surface area (Å²) in [5.41, 5.74) is 1.18. The standard InChI is InChI=1S/C18H23ClN6/c19-14-4-3-7-16(12-14)24-8-10-25(11-9-24)17-13-20-23-18(22-17)21-15-5-1-2-6-15/h3-4,7,12-13,15H,1-2,5-6,8-11H2,(H,21,22,23). The Bertz CT molecular complexity index is 710. The fraction of sp³-hybridized carbons (Fsp3) is 0.500. The summed E-state index contributed by atoms with van der Waals surface area (Å²) in [6, 6.07) is 8.54. The number of rotatable bonds is 4. The van der Waals surface area contributed by atoms with Gasteiger partial charge in [-0.3, -0.25) is 0 Å². The van der Waals surface area contributed by atoms with Gasteiger partial charge in [0.25, 0.3) is 0 Å². The van der Waals surface area contributed by atoms with Gasteiger partial charge < -0.3 is 15.1 Å². The molecule has 25 heavy (non-hydrogen) atoms. The normalized spacial score (nSPS) is 18.6. The predicted molar refractivity (Wildman–Crippen MR) is 102 cm³/mol. The fourth-order valence-corrected chi connectivity index (χ4v) is 3.81. The average Bonchev–Trinajstić information content (AvgIpc) is 3.15. The Morgan fingerprint density at radius 2 is 1.80 bits per heavy atom. The second-order valence-electron chi connectivity index (χ2n) is 6.72. The van der Waals surface area contributed by atoms with E-state index in [0.717, 1.165) is 37.0 Å². The Morgan fingerprint density at radius 1 is 1.04 bits per heavy atom. The number of anilines is 3. The lowest BCUT2D eigenvalue weighted by Gasteiger charge is -2.36. The second-order valence-corrected chi connectivity index (χ2v) is 7.15. The highest BCUT2D eigenvalue weighted by Gasteiger charge is 2.20. The molecule has 7 heteroatoms. The molecule has 1 aliphatic carbocycles. The van der Waals surface area contributed by atoms with Crippen LogP contribution in [0.25, 0.3) is 0 Å². The van der Waals surface area contributed by atoms with E-state index in [9.17, 15) is 0 Å². The van der Waals surface area contributed by atoms with Crippen LogP contribution in [0.1, 0.15) is 25.7 Å². The van der Waals surface area contributed by atoms with Gasteiger partial charge in [0.15, 0.2) is 5.82 Å². The van der Waals surface area contributed by atoms with Crippen molar-refractivity contribution in [3.8, 4) is 0 Å². The molecule has 0 amide bonds. The summed E-state index contributed by atoms with van der Waals surface area (Å²) in [6.07, 6.45) is 6.74. The summed E-state index contributed by atoms with van der Waals surface area (Å²) in [5, 5.41) is 12.5. The van der Waals surface area contributed by atoms with Crippen LogP contribution < -0.4 is 15.1 Å². The molecule has 0 radical (unpaired) electrons. The van der Waals surface area contributed by atoms with Gasteiger partial charge in [-0.1, -0.05) is 30.5 Å². The summed E-state index contributed by atoms with van der Waals surface area (Å²) in [6.45, 7) is 3.70. The van der Waals surface area contributed by atoms with Crippen LogP contribution in [0.15, 0.2) is 30.5 Å². The Hall–Kier alpha value is -2.08. The van der Waals surface area contributed by atoms with Gasteiger partial charge in [0.1, 0.15) is 0 Å². The van der Waals surface area contributed by atoms with Crippen LogP contribution in [0.2, 0.25) is 5.02 Å². The van der Waals surface area contributed by atoms with Gasteiger partial charge in [-0.15, -0.1) is 5.10 Å². The molecule has 2 fully saturated rings. The van der Waals surface area contributed by atoms with E-state index in [0.29, 0.717) is 12.0 Å². The summed E-state index contributed by atoms with van der Waals surface area (Å²) >= 11 is 6.11. The number of halogens is 1. The van der Waals surface area contributed by atoms with E-state index in [-0.39, 0.29) is 0 Å². The first kappa shape index (κ1) is 16.4. The minimum Gasteiger partial charge on any atom is -0.368 e. The minimum absolute atomic E-state index is 0.497. The molecule has 1 aromatic carbocycles. The lowest BCUT2D eigenvalue weighted by atomic mass is 10.2. The first-order chi connectivity index (χ1) is 12.3. The van der Waals surface area contributed by atoms with Crippen molar-refractivity contribution in [1.82, 2.24) is 15.2 Å². The van der Waals surface area contributed by atoms with Gasteiger partial charge in [0.2, 0.25) is 5.95 Å². The van der Waals surface area contributed by atoms with Crippen LogP contribution in [0.5, 0.6) is 0 Å². The average molecular weight is 359 g/mol. The van der Waals surface area contributed by atoms with Crippen molar-refractivity contribution in [2.75, 3.05) is 41.3 Å². The first-order valence-electron chi connectivity index (χ1n) is 9.00. The highest BCUT2D eigenvalue weighted by Crippen LogP contribution is 2.23. The van der Waals surface area contributed by atoms with E-state index in [1.54, 1.807) is 6.20 Å². The topological polar surface area (TPSA) is 57.2 Å². The quantitative estimate of drug-likeness (QED) is 0.905. The van der Waals surface area contributed by atoms with Crippen molar-refractivity contribution < 1.29 is 0 Å². The maximum Gasteiger partial charge on any atom is 0.244 e. The van der Waals surface area contributed by atoms with E-state index < -0.39 is 0 Å². The Balaban J connectivity index is 1.38. The molecule has 1 aliphatic heterocycles. The second kappa shape index (κ2) is 7.44. The molecule has 2 heterocycles. The van der Waals surface area contributed by atoms with Crippen LogP contribution in [0.4, 0.5) is 17.5 Å². The number of nitrogens with one attached hydrogen (secondary N) is 1. The van der Waals surface area contributed by atoms with Crippen molar-refractivity contribution in [3.63, 3.8) is 0 Å². The molecule has 2 aromatic rings. The molecule has 1 saturated heterocycles. The third-order valence-corrected chi connectivity index (χ3v) is 5.25. The number of benzene rings is 1. The van der Waals surface area contributed by atoms with Gasteiger partial charge in [-0.2, -0.15) is 10.1 Å². The maximum absolute atomic E-state index is 6.11. The van der Waals surface area contributed by atoms with Crippen molar-refractivity contribution in [2.24, 2.45) is 0 Å². The fourth-order valence-electron chi connectivity index (χ4n) is 3.63. The molecule has 0 spiro atoms. The molecule has 1 N–H and O–H groups in total. The van der Waals surface area contributed by atoms with Gasteiger partial charge in [0, 0.05) is 42.9 Å². The SMILES string of the molecule is Clc1cccc(N2CCN(c3cnnc(NC4CCCC4)n3)CC2)c1. The number of hydrogen-bond donors (Lipinski definition) is 1. The molecular formula is C18H23ClN6. The molecule has 0 atom stereocenters. The Labute approximate surface area is 153 Å². The zero-order valence-corrected chi connectivity index (χ0v) is 15.0. The van der Waals surface area contributed by atoms with Crippen LogP contribution in [0.3, 0.4) is 0 Å². The number of piperazine rings is 1. The third-order valence-electron chi connectivity index (χ3n) is 5.01. The van der Waals surface area contributed by atoms with Crippen molar-refractivity contribution >= 4 is 29.1 Å². The smallest absolute Gasteiger partial charge is 0.244 e. The monoisotopic (exact) mass is 358 g/mol. The molecule has 4 rings (SSSR count). The lowest BCUT2D eigenvalue weighted by molar-refractivity contribution is 0.643. The predicted octanol–water partition coefficient (Wildman–Crippen LogP) is 3.21. The molecular weight excluding hydrogens is 336 g/mol. The molecule has 1 saturated carbocycles. The molecule has 2 aliphatic rings. The number of hydrogen-bond acceptors (Lipinski definition) is 6. The minimum atomic E-state index is 0.497. The van der Waals surface area contributed by atoms with E-state index >= 15 is 0 Å². The van der Waals surface area contributed by atoms with Crippen molar-refractivity contribution in [2.45, 2.75) is 31.7 Å².